The average molecular weight is 266 g/mol. The molecular formula is C13H26N6. The number of aromatic nitrogens is 3. The summed E-state index contributed by atoms with van der Waals surface area (Å²) < 4.78 is 0. The van der Waals surface area contributed by atoms with Crippen LogP contribution in [0.5, 0.6) is 0 Å². The highest BCUT2D eigenvalue weighted by Gasteiger charge is 1.99. The van der Waals surface area contributed by atoms with Gasteiger partial charge in [0.1, 0.15) is 0 Å². The summed E-state index contributed by atoms with van der Waals surface area (Å²) in [6, 6.07) is 0. The lowest BCUT2D eigenvalue weighted by molar-refractivity contribution is 0.405. The van der Waals surface area contributed by atoms with E-state index in [2.05, 4.69) is 51.7 Å². The summed E-state index contributed by atoms with van der Waals surface area (Å²) in [5, 5.41) is 14.4. The summed E-state index contributed by atoms with van der Waals surface area (Å²) in [6.07, 6.45) is 6.32. The summed E-state index contributed by atoms with van der Waals surface area (Å²) in [4.78, 5) is 6.54. The fraction of sp³-hybridized carbons (Fsp3) is 0.769. The van der Waals surface area contributed by atoms with Crippen LogP contribution in [0.15, 0.2) is 6.20 Å². The predicted octanol–water partition coefficient (Wildman–Crippen LogP) is 1.84. The molecule has 1 aromatic rings. The van der Waals surface area contributed by atoms with E-state index in [0.717, 1.165) is 38.3 Å². The zero-order valence-corrected chi connectivity index (χ0v) is 12.3. The minimum Gasteiger partial charge on any atom is -0.369 e. The molecule has 0 aromatic carbocycles. The first-order valence-corrected chi connectivity index (χ1v) is 7.04. The van der Waals surface area contributed by atoms with Gasteiger partial charge in [-0.25, -0.2) is 0 Å². The molecule has 0 aliphatic rings. The van der Waals surface area contributed by atoms with Crippen LogP contribution in [0.25, 0.3) is 0 Å². The second-order valence-electron chi connectivity index (χ2n) is 4.88. The predicted molar refractivity (Wildman–Crippen MR) is 79.5 cm³/mol. The van der Waals surface area contributed by atoms with Crippen LogP contribution >= 0.6 is 0 Å². The number of hydrogen-bond acceptors (Lipinski definition) is 6. The minimum absolute atomic E-state index is 0.605. The van der Waals surface area contributed by atoms with Crippen LogP contribution in [0.4, 0.5) is 11.8 Å². The fourth-order valence-corrected chi connectivity index (χ4v) is 1.65. The van der Waals surface area contributed by atoms with Crippen molar-refractivity contribution < 1.29 is 0 Å². The molecule has 1 heterocycles. The van der Waals surface area contributed by atoms with Crippen molar-refractivity contribution in [2.75, 3.05) is 44.4 Å². The van der Waals surface area contributed by atoms with Gasteiger partial charge in [-0.1, -0.05) is 19.8 Å². The van der Waals surface area contributed by atoms with E-state index in [9.17, 15) is 0 Å². The van der Waals surface area contributed by atoms with Gasteiger partial charge in [0.05, 0.1) is 6.20 Å². The third kappa shape index (κ3) is 7.56. The largest absolute Gasteiger partial charge is 0.369 e. The molecule has 2 N–H and O–H groups in total. The molecule has 6 nitrogen and oxygen atoms in total. The van der Waals surface area contributed by atoms with Gasteiger partial charge >= 0.3 is 0 Å². The third-order valence-corrected chi connectivity index (χ3v) is 2.71. The highest BCUT2D eigenvalue weighted by molar-refractivity contribution is 5.36. The number of nitrogens with one attached hydrogen (secondary N) is 2. The lowest BCUT2D eigenvalue weighted by atomic mass is 10.2. The molecule has 0 fully saturated rings. The summed E-state index contributed by atoms with van der Waals surface area (Å²) in [7, 11) is 4.15. The Morgan fingerprint density at radius 1 is 1.11 bits per heavy atom. The molecule has 0 saturated carbocycles. The number of nitrogens with zero attached hydrogens (tertiary/aromatic N) is 4. The summed E-state index contributed by atoms with van der Waals surface area (Å²) in [5.74, 6) is 1.39. The van der Waals surface area contributed by atoms with Crippen LogP contribution in [0.1, 0.15) is 32.6 Å². The van der Waals surface area contributed by atoms with Crippen molar-refractivity contribution in [3.05, 3.63) is 6.20 Å². The van der Waals surface area contributed by atoms with Crippen molar-refractivity contribution in [2.24, 2.45) is 0 Å². The smallest absolute Gasteiger partial charge is 0.244 e. The van der Waals surface area contributed by atoms with E-state index in [-0.39, 0.29) is 0 Å². The number of anilines is 2. The van der Waals surface area contributed by atoms with Gasteiger partial charge in [-0.15, -0.1) is 5.10 Å². The second kappa shape index (κ2) is 9.49. The number of unbranched alkanes of at least 4 members (excludes halogenated alkanes) is 2. The standard InChI is InChI=1S/C13H26N6/c1-4-5-6-8-15-13-17-12(11-16-18-13)14-9-7-10-19(2)3/h11H,4-10H2,1-3H3,(H2,14,15,17,18). The highest BCUT2D eigenvalue weighted by atomic mass is 15.3. The van der Waals surface area contributed by atoms with Crippen LogP contribution in [0.3, 0.4) is 0 Å². The Morgan fingerprint density at radius 2 is 1.89 bits per heavy atom. The van der Waals surface area contributed by atoms with Gasteiger partial charge in [-0.2, -0.15) is 10.1 Å². The van der Waals surface area contributed by atoms with E-state index in [1.54, 1.807) is 6.20 Å². The third-order valence-electron chi connectivity index (χ3n) is 2.71. The zero-order valence-electron chi connectivity index (χ0n) is 12.3. The first-order chi connectivity index (χ1) is 9.22. The summed E-state index contributed by atoms with van der Waals surface area (Å²) >= 11 is 0. The topological polar surface area (TPSA) is 66.0 Å². The molecule has 0 amide bonds. The highest BCUT2D eigenvalue weighted by Crippen LogP contribution is 2.04. The molecule has 0 spiro atoms. The molecule has 19 heavy (non-hydrogen) atoms. The normalized spacial score (nSPS) is 10.7. The zero-order chi connectivity index (χ0) is 13.9. The maximum absolute atomic E-state index is 4.38. The van der Waals surface area contributed by atoms with Gasteiger partial charge in [-0.05, 0) is 33.5 Å². The first-order valence-electron chi connectivity index (χ1n) is 7.04. The van der Waals surface area contributed by atoms with E-state index >= 15 is 0 Å². The maximum atomic E-state index is 4.38. The van der Waals surface area contributed by atoms with E-state index in [0.29, 0.717) is 5.95 Å². The quantitative estimate of drug-likeness (QED) is 0.630. The Bertz CT molecular complexity index is 342. The monoisotopic (exact) mass is 266 g/mol. The lowest BCUT2D eigenvalue weighted by Crippen LogP contribution is -2.17. The van der Waals surface area contributed by atoms with Crippen molar-refractivity contribution in [3.63, 3.8) is 0 Å². The second-order valence-corrected chi connectivity index (χ2v) is 4.88. The molecule has 6 heteroatoms. The molecule has 1 rings (SSSR count). The van der Waals surface area contributed by atoms with Gasteiger partial charge in [0, 0.05) is 13.1 Å². The van der Waals surface area contributed by atoms with E-state index in [1.807, 2.05) is 0 Å². The van der Waals surface area contributed by atoms with E-state index < -0.39 is 0 Å². The Balaban J connectivity index is 2.27. The van der Waals surface area contributed by atoms with Gasteiger partial charge in [0.2, 0.25) is 5.95 Å². The fourth-order valence-electron chi connectivity index (χ4n) is 1.65. The van der Waals surface area contributed by atoms with Crippen molar-refractivity contribution in [2.45, 2.75) is 32.6 Å². The molecular weight excluding hydrogens is 240 g/mol. The van der Waals surface area contributed by atoms with Gasteiger partial charge in [0.25, 0.3) is 0 Å². The van der Waals surface area contributed by atoms with Crippen LogP contribution in [0, 0.1) is 0 Å². The minimum atomic E-state index is 0.605. The molecule has 0 aliphatic carbocycles. The van der Waals surface area contributed by atoms with Crippen molar-refractivity contribution >= 4 is 11.8 Å². The van der Waals surface area contributed by atoms with Crippen LogP contribution in [-0.2, 0) is 0 Å². The van der Waals surface area contributed by atoms with Crippen molar-refractivity contribution in [1.82, 2.24) is 20.1 Å². The van der Waals surface area contributed by atoms with Crippen molar-refractivity contribution in [1.29, 1.82) is 0 Å². The Hall–Kier alpha value is -1.43. The van der Waals surface area contributed by atoms with Gasteiger partial charge in [0.15, 0.2) is 5.82 Å². The Labute approximate surface area is 116 Å². The first kappa shape index (κ1) is 15.6. The van der Waals surface area contributed by atoms with E-state index in [1.165, 1.54) is 12.8 Å². The number of hydrogen-bond donors (Lipinski definition) is 2. The lowest BCUT2D eigenvalue weighted by Gasteiger charge is -2.10. The summed E-state index contributed by atoms with van der Waals surface area (Å²) in [6.45, 7) is 5.05. The van der Waals surface area contributed by atoms with Crippen LogP contribution < -0.4 is 10.6 Å². The SMILES string of the molecule is CCCCCNc1nncc(NCCCN(C)C)n1. The van der Waals surface area contributed by atoms with Crippen LogP contribution in [-0.4, -0.2) is 53.8 Å². The van der Waals surface area contributed by atoms with Gasteiger partial charge in [-0.3, -0.25) is 0 Å². The molecule has 0 bridgehead atoms. The summed E-state index contributed by atoms with van der Waals surface area (Å²) in [5.41, 5.74) is 0. The molecule has 1 aromatic heterocycles. The number of rotatable bonds is 10. The molecule has 0 unspecified atom stereocenters. The van der Waals surface area contributed by atoms with Crippen LogP contribution in [0.2, 0.25) is 0 Å². The maximum Gasteiger partial charge on any atom is 0.244 e. The molecule has 0 atom stereocenters. The van der Waals surface area contributed by atoms with E-state index in [4.69, 9.17) is 0 Å². The molecule has 0 radical (unpaired) electrons. The molecule has 0 saturated heterocycles. The van der Waals surface area contributed by atoms with Crippen molar-refractivity contribution in [3.8, 4) is 0 Å². The Morgan fingerprint density at radius 3 is 2.63 bits per heavy atom. The van der Waals surface area contributed by atoms with Gasteiger partial charge < -0.3 is 15.5 Å². The Kier molecular flexibility index (Phi) is 7.81. The molecule has 108 valence electrons. The molecule has 0 aliphatic heterocycles. The average Bonchev–Trinajstić information content (AvgIpc) is 2.40.